The maximum Gasteiger partial charge on any atom is 0.315 e. The molecule has 2 aliphatic rings. The maximum absolute atomic E-state index is 12.0. The van der Waals surface area contributed by atoms with Crippen molar-refractivity contribution in [2.24, 2.45) is 0 Å². The van der Waals surface area contributed by atoms with E-state index in [1.54, 1.807) is 6.20 Å². The number of hydrogen-bond acceptors (Lipinski definition) is 4. The molecule has 3 rings (SSSR count). The number of amides is 3. The van der Waals surface area contributed by atoms with E-state index in [1.165, 1.54) is 0 Å². The van der Waals surface area contributed by atoms with Crippen LogP contribution in [0.4, 0.5) is 10.6 Å². The Balaban J connectivity index is 1.36. The van der Waals surface area contributed by atoms with Crippen molar-refractivity contribution in [1.82, 2.24) is 15.6 Å². The third-order valence-corrected chi connectivity index (χ3v) is 5.86. The molecule has 3 N–H and O–H groups in total. The molecule has 0 aliphatic carbocycles. The molecule has 124 valence electrons. The number of carbonyl (C=O) groups excluding carboxylic acids is 2. The van der Waals surface area contributed by atoms with Crippen molar-refractivity contribution < 1.29 is 9.59 Å². The number of carbonyl (C=O) groups is 2. The molecule has 0 aromatic carbocycles. The topological polar surface area (TPSA) is 83.1 Å². The van der Waals surface area contributed by atoms with Gasteiger partial charge in [0.05, 0.1) is 12.1 Å². The zero-order chi connectivity index (χ0) is 16.2. The van der Waals surface area contributed by atoms with Gasteiger partial charge in [0.15, 0.2) is 0 Å². The van der Waals surface area contributed by atoms with Crippen molar-refractivity contribution >= 4 is 29.5 Å². The molecule has 1 aromatic heterocycles. The molecule has 3 heterocycles. The van der Waals surface area contributed by atoms with Crippen LogP contribution in [0.25, 0.3) is 0 Å². The van der Waals surface area contributed by atoms with E-state index in [0.717, 1.165) is 30.6 Å². The Morgan fingerprint density at radius 1 is 1.43 bits per heavy atom. The van der Waals surface area contributed by atoms with E-state index < -0.39 is 0 Å². The smallest absolute Gasteiger partial charge is 0.315 e. The molecule has 6 nitrogen and oxygen atoms in total. The fraction of sp³-hybridized carbons (Fsp3) is 0.562. The molecular weight excluding hydrogens is 312 g/mol. The number of unbranched alkanes of at least 4 members (excludes halogenated alkanes) is 1. The highest BCUT2D eigenvalue weighted by Crippen LogP contribution is 2.33. The van der Waals surface area contributed by atoms with Gasteiger partial charge < -0.3 is 16.0 Å². The molecule has 0 radical (unpaired) electrons. The fourth-order valence-corrected chi connectivity index (χ4v) is 4.63. The Bertz CT molecular complexity index is 595. The lowest BCUT2D eigenvalue weighted by Crippen LogP contribution is -2.36. The summed E-state index contributed by atoms with van der Waals surface area (Å²) in [5.74, 6) is 1.64. The van der Waals surface area contributed by atoms with Crippen LogP contribution in [0.1, 0.15) is 31.2 Å². The summed E-state index contributed by atoms with van der Waals surface area (Å²) in [4.78, 5) is 27.5. The average molecular weight is 334 g/mol. The number of nitrogens with one attached hydrogen (secondary N) is 3. The SMILES string of the molecule is Cc1cccnc1NC(=O)CCCC[C@H]1SC[C@@H]2NC(=O)N[C@H]21. The molecule has 2 aliphatic heterocycles. The first-order valence-electron chi connectivity index (χ1n) is 8.03. The van der Waals surface area contributed by atoms with Crippen LogP contribution in [0.2, 0.25) is 0 Å². The Labute approximate surface area is 140 Å². The third-order valence-electron chi connectivity index (χ3n) is 4.35. The number of urea groups is 1. The van der Waals surface area contributed by atoms with Gasteiger partial charge in [-0.15, -0.1) is 0 Å². The molecule has 1 aromatic rings. The van der Waals surface area contributed by atoms with Gasteiger partial charge in [-0.2, -0.15) is 11.8 Å². The first-order chi connectivity index (χ1) is 11.1. The van der Waals surface area contributed by atoms with Gasteiger partial charge in [0.2, 0.25) is 5.91 Å². The molecule has 3 atom stereocenters. The molecule has 2 saturated heterocycles. The van der Waals surface area contributed by atoms with E-state index in [1.807, 2.05) is 30.8 Å². The molecule has 23 heavy (non-hydrogen) atoms. The zero-order valence-corrected chi connectivity index (χ0v) is 14.0. The van der Waals surface area contributed by atoms with Crippen molar-refractivity contribution in [3.05, 3.63) is 23.9 Å². The monoisotopic (exact) mass is 334 g/mol. The summed E-state index contributed by atoms with van der Waals surface area (Å²) >= 11 is 1.91. The number of fused-ring (bicyclic) bond motifs is 1. The summed E-state index contributed by atoms with van der Waals surface area (Å²) < 4.78 is 0. The van der Waals surface area contributed by atoms with Gasteiger partial charge >= 0.3 is 6.03 Å². The summed E-state index contributed by atoms with van der Waals surface area (Å²) in [5.41, 5.74) is 0.971. The fourth-order valence-electron chi connectivity index (χ4n) is 3.09. The highest BCUT2D eigenvalue weighted by Gasteiger charge is 2.42. The van der Waals surface area contributed by atoms with Crippen LogP contribution < -0.4 is 16.0 Å². The van der Waals surface area contributed by atoms with Gasteiger partial charge in [0.25, 0.3) is 0 Å². The number of nitrogens with zero attached hydrogens (tertiary/aromatic N) is 1. The highest BCUT2D eigenvalue weighted by molar-refractivity contribution is 8.00. The molecule has 0 unspecified atom stereocenters. The molecule has 3 amide bonds. The summed E-state index contributed by atoms with van der Waals surface area (Å²) in [6.07, 6.45) is 5.06. The average Bonchev–Trinajstić information content (AvgIpc) is 3.06. The van der Waals surface area contributed by atoms with Crippen molar-refractivity contribution in [3.8, 4) is 0 Å². The van der Waals surface area contributed by atoms with Crippen LogP contribution in [-0.4, -0.2) is 40.0 Å². The van der Waals surface area contributed by atoms with Crippen molar-refractivity contribution in [1.29, 1.82) is 0 Å². The Morgan fingerprint density at radius 3 is 3.13 bits per heavy atom. The number of anilines is 1. The van der Waals surface area contributed by atoms with Crippen molar-refractivity contribution in [2.75, 3.05) is 11.1 Å². The van der Waals surface area contributed by atoms with Gasteiger partial charge in [0.1, 0.15) is 5.82 Å². The first-order valence-corrected chi connectivity index (χ1v) is 9.08. The number of aryl methyl sites for hydroxylation is 1. The van der Waals surface area contributed by atoms with Crippen LogP contribution in [-0.2, 0) is 4.79 Å². The van der Waals surface area contributed by atoms with Gasteiger partial charge in [-0.05, 0) is 31.4 Å². The minimum absolute atomic E-state index is 0.0135. The van der Waals surface area contributed by atoms with Gasteiger partial charge in [-0.1, -0.05) is 12.5 Å². The number of thioether (sulfide) groups is 1. The maximum atomic E-state index is 12.0. The second kappa shape index (κ2) is 7.21. The normalized spacial score (nSPS) is 25.6. The summed E-state index contributed by atoms with van der Waals surface area (Å²) in [5, 5.41) is 9.26. The highest BCUT2D eigenvalue weighted by atomic mass is 32.2. The van der Waals surface area contributed by atoms with Crippen LogP contribution in [0.3, 0.4) is 0 Å². The first kappa shape index (κ1) is 16.1. The molecule has 0 spiro atoms. The minimum Gasteiger partial charge on any atom is -0.332 e. The number of hydrogen-bond donors (Lipinski definition) is 3. The van der Waals surface area contributed by atoms with E-state index in [2.05, 4.69) is 20.9 Å². The number of aromatic nitrogens is 1. The molecule has 7 heteroatoms. The van der Waals surface area contributed by atoms with Gasteiger partial charge in [0, 0.05) is 23.6 Å². The predicted molar refractivity (Wildman–Crippen MR) is 91.6 cm³/mol. The summed E-state index contributed by atoms with van der Waals surface area (Å²) in [6, 6.07) is 4.26. The van der Waals surface area contributed by atoms with Crippen LogP contribution in [0, 0.1) is 6.92 Å². The Morgan fingerprint density at radius 2 is 2.30 bits per heavy atom. The Hall–Kier alpha value is -1.76. The molecule has 0 saturated carbocycles. The van der Waals surface area contributed by atoms with Gasteiger partial charge in [-0.25, -0.2) is 9.78 Å². The van der Waals surface area contributed by atoms with Crippen molar-refractivity contribution in [3.63, 3.8) is 0 Å². The third kappa shape index (κ3) is 3.96. The summed E-state index contributed by atoms with van der Waals surface area (Å²) in [7, 11) is 0. The van der Waals surface area contributed by atoms with Crippen molar-refractivity contribution in [2.45, 2.75) is 49.9 Å². The molecule has 2 fully saturated rings. The standard InChI is InChI=1S/C16H22N4O2S/c1-10-5-4-8-17-15(10)19-13(21)7-3-2-6-12-14-11(9-23-12)18-16(22)20-14/h4-5,8,11-12,14H,2-3,6-7,9H2,1H3,(H,17,19,21)(H2,18,20,22)/t11-,12+,14+/m0/s1. The predicted octanol–water partition coefficient (Wildman–Crippen LogP) is 2.05. The minimum atomic E-state index is -0.0459. The summed E-state index contributed by atoms with van der Waals surface area (Å²) in [6.45, 7) is 1.93. The lowest BCUT2D eigenvalue weighted by molar-refractivity contribution is -0.116. The van der Waals surface area contributed by atoms with E-state index in [-0.39, 0.29) is 24.0 Å². The second-order valence-corrected chi connectivity index (χ2v) is 7.36. The molecular formula is C16H22N4O2S. The number of pyridine rings is 1. The Kier molecular flexibility index (Phi) is 5.05. The quantitative estimate of drug-likeness (QED) is 0.549. The van der Waals surface area contributed by atoms with E-state index >= 15 is 0 Å². The second-order valence-electron chi connectivity index (χ2n) is 6.08. The largest absolute Gasteiger partial charge is 0.332 e. The zero-order valence-electron chi connectivity index (χ0n) is 13.2. The van der Waals surface area contributed by atoms with Crippen LogP contribution in [0.15, 0.2) is 18.3 Å². The molecule has 0 bridgehead atoms. The van der Waals surface area contributed by atoms with Gasteiger partial charge in [-0.3, -0.25) is 4.79 Å². The van der Waals surface area contributed by atoms with E-state index in [4.69, 9.17) is 0 Å². The van der Waals surface area contributed by atoms with E-state index in [9.17, 15) is 9.59 Å². The lowest BCUT2D eigenvalue weighted by atomic mass is 10.0. The van der Waals surface area contributed by atoms with E-state index in [0.29, 0.717) is 17.5 Å². The number of rotatable bonds is 6. The lowest BCUT2D eigenvalue weighted by Gasteiger charge is -2.16. The van der Waals surface area contributed by atoms with Crippen LogP contribution >= 0.6 is 11.8 Å². The van der Waals surface area contributed by atoms with Crippen LogP contribution in [0.5, 0.6) is 0 Å².